The molecule has 17 heavy (non-hydrogen) atoms. The number of rotatable bonds is 7. The molecule has 0 fully saturated rings. The fraction of sp³-hybridized carbons (Fsp3) is 0.417. The van der Waals surface area contributed by atoms with Gasteiger partial charge in [0.2, 0.25) is 0 Å². The Morgan fingerprint density at radius 3 is 2.53 bits per heavy atom. The summed E-state index contributed by atoms with van der Waals surface area (Å²) >= 11 is 0. The smallest absolute Gasteiger partial charge is 0.269 e. The van der Waals surface area contributed by atoms with Crippen molar-refractivity contribution in [3.8, 4) is 0 Å². The van der Waals surface area contributed by atoms with Gasteiger partial charge in [-0.3, -0.25) is 10.1 Å². The molecule has 0 aliphatic carbocycles. The Labute approximate surface area is 100.0 Å². The van der Waals surface area contributed by atoms with Crippen LogP contribution in [0.4, 0.5) is 5.69 Å². The number of nitro benzene ring substituents is 1. The highest BCUT2D eigenvalue weighted by atomic mass is 16.6. The lowest BCUT2D eigenvalue weighted by molar-refractivity contribution is -0.384. The number of nitrogens with one attached hydrogen (secondary N) is 1. The summed E-state index contributed by atoms with van der Waals surface area (Å²) in [7, 11) is 0. The van der Waals surface area contributed by atoms with Gasteiger partial charge in [0.25, 0.3) is 5.69 Å². The van der Waals surface area contributed by atoms with Crippen molar-refractivity contribution in [3.63, 3.8) is 0 Å². The van der Waals surface area contributed by atoms with Crippen molar-refractivity contribution in [2.75, 3.05) is 6.54 Å². The zero-order chi connectivity index (χ0) is 12.7. The van der Waals surface area contributed by atoms with Crippen molar-refractivity contribution in [1.29, 1.82) is 0 Å². The maximum atomic E-state index is 10.8. The number of carbonyl (C=O) groups is 1. The van der Waals surface area contributed by atoms with Gasteiger partial charge in [0.05, 0.1) is 11.0 Å². The molecule has 0 aliphatic heterocycles. The third kappa shape index (κ3) is 4.32. The fourth-order valence-corrected chi connectivity index (χ4v) is 1.51. The molecule has 1 N–H and O–H groups in total. The van der Waals surface area contributed by atoms with Gasteiger partial charge < -0.3 is 10.1 Å². The Morgan fingerprint density at radius 1 is 1.41 bits per heavy atom. The van der Waals surface area contributed by atoms with Gasteiger partial charge >= 0.3 is 0 Å². The fourth-order valence-electron chi connectivity index (χ4n) is 1.51. The molecule has 1 unspecified atom stereocenters. The van der Waals surface area contributed by atoms with Crippen LogP contribution in [0, 0.1) is 10.1 Å². The molecule has 5 heteroatoms. The van der Waals surface area contributed by atoms with Crippen LogP contribution in [-0.4, -0.2) is 23.8 Å². The summed E-state index contributed by atoms with van der Waals surface area (Å²) in [5, 5.41) is 13.6. The molecular formula is C12H16N2O3. The SMILES string of the molecule is CCCNC(C=O)Cc1ccc([N+](=O)[O-])cc1. The molecule has 0 radical (unpaired) electrons. The second kappa shape index (κ2) is 6.75. The van der Waals surface area contributed by atoms with Gasteiger partial charge in [-0.25, -0.2) is 0 Å². The predicted octanol–water partition coefficient (Wildman–Crippen LogP) is 1.70. The lowest BCUT2D eigenvalue weighted by atomic mass is 10.1. The van der Waals surface area contributed by atoms with E-state index in [9.17, 15) is 14.9 Å². The van der Waals surface area contributed by atoms with E-state index in [1.807, 2.05) is 6.92 Å². The van der Waals surface area contributed by atoms with Crippen LogP contribution >= 0.6 is 0 Å². The van der Waals surface area contributed by atoms with Gasteiger partial charge in [-0.2, -0.15) is 0 Å². The van der Waals surface area contributed by atoms with Crippen molar-refractivity contribution in [3.05, 3.63) is 39.9 Å². The van der Waals surface area contributed by atoms with Crippen LogP contribution in [0.1, 0.15) is 18.9 Å². The molecule has 0 amide bonds. The molecule has 1 rings (SSSR count). The first-order chi connectivity index (χ1) is 8.17. The first-order valence-electron chi connectivity index (χ1n) is 5.59. The normalized spacial score (nSPS) is 12.1. The zero-order valence-corrected chi connectivity index (χ0v) is 9.76. The molecule has 92 valence electrons. The highest BCUT2D eigenvalue weighted by Gasteiger charge is 2.09. The molecule has 0 bridgehead atoms. The minimum absolute atomic E-state index is 0.0675. The monoisotopic (exact) mass is 236 g/mol. The molecule has 0 spiro atoms. The molecule has 0 aliphatic rings. The molecule has 5 nitrogen and oxygen atoms in total. The van der Waals surface area contributed by atoms with Gasteiger partial charge in [-0.15, -0.1) is 0 Å². The maximum absolute atomic E-state index is 10.8. The third-order valence-corrected chi connectivity index (χ3v) is 2.42. The van der Waals surface area contributed by atoms with Crippen LogP contribution in [0.5, 0.6) is 0 Å². The second-order valence-electron chi connectivity index (χ2n) is 3.82. The second-order valence-corrected chi connectivity index (χ2v) is 3.82. The van der Waals surface area contributed by atoms with Gasteiger partial charge in [-0.05, 0) is 24.9 Å². The molecule has 0 saturated heterocycles. The lowest BCUT2D eigenvalue weighted by Crippen LogP contribution is -2.33. The van der Waals surface area contributed by atoms with E-state index in [0.29, 0.717) is 6.42 Å². The highest BCUT2D eigenvalue weighted by Crippen LogP contribution is 2.12. The summed E-state index contributed by atoms with van der Waals surface area (Å²) < 4.78 is 0. The largest absolute Gasteiger partial charge is 0.307 e. The van der Waals surface area contributed by atoms with Crippen LogP contribution in [0.25, 0.3) is 0 Å². The van der Waals surface area contributed by atoms with Crippen molar-refractivity contribution in [1.82, 2.24) is 5.32 Å². The summed E-state index contributed by atoms with van der Waals surface area (Å²) in [6.07, 6.45) is 2.39. The molecule has 1 atom stereocenters. The number of benzene rings is 1. The first-order valence-corrected chi connectivity index (χ1v) is 5.59. The summed E-state index contributed by atoms with van der Waals surface area (Å²) in [5.41, 5.74) is 0.981. The number of non-ortho nitro benzene ring substituents is 1. The minimum atomic E-state index is -0.434. The highest BCUT2D eigenvalue weighted by molar-refractivity contribution is 5.58. The van der Waals surface area contributed by atoms with Crippen molar-refractivity contribution >= 4 is 12.0 Å². The van der Waals surface area contributed by atoms with Crippen LogP contribution in [0.3, 0.4) is 0 Å². The third-order valence-electron chi connectivity index (χ3n) is 2.42. The average Bonchev–Trinajstić information content (AvgIpc) is 2.35. The molecule has 1 aromatic rings. The van der Waals surface area contributed by atoms with E-state index in [1.165, 1.54) is 12.1 Å². The minimum Gasteiger partial charge on any atom is -0.307 e. The summed E-state index contributed by atoms with van der Waals surface area (Å²) in [6.45, 7) is 2.82. The first kappa shape index (κ1) is 13.3. The van der Waals surface area contributed by atoms with E-state index in [0.717, 1.165) is 24.8 Å². The Balaban J connectivity index is 2.60. The zero-order valence-electron chi connectivity index (χ0n) is 9.76. The van der Waals surface area contributed by atoms with E-state index in [4.69, 9.17) is 0 Å². The standard InChI is InChI=1S/C12H16N2O3/c1-2-7-13-11(9-15)8-10-3-5-12(6-4-10)14(16)17/h3-6,9,11,13H,2,7-8H2,1H3. The van der Waals surface area contributed by atoms with Crippen LogP contribution in [-0.2, 0) is 11.2 Å². The number of nitro groups is 1. The Kier molecular flexibility index (Phi) is 5.29. The summed E-state index contributed by atoms with van der Waals surface area (Å²) in [4.78, 5) is 20.9. The van der Waals surface area contributed by atoms with E-state index in [-0.39, 0.29) is 11.7 Å². The average molecular weight is 236 g/mol. The van der Waals surface area contributed by atoms with Crippen LogP contribution in [0.15, 0.2) is 24.3 Å². The summed E-state index contributed by atoms with van der Waals surface area (Å²) in [6, 6.07) is 6.05. The Bertz CT molecular complexity index is 376. The number of aldehydes is 1. The van der Waals surface area contributed by atoms with E-state index in [2.05, 4.69) is 5.32 Å². The quantitative estimate of drug-likeness (QED) is 0.444. The molecule has 0 aromatic heterocycles. The molecule has 1 aromatic carbocycles. The topological polar surface area (TPSA) is 72.2 Å². The van der Waals surface area contributed by atoms with Gasteiger partial charge in [0.1, 0.15) is 6.29 Å². The number of carbonyl (C=O) groups excluding carboxylic acids is 1. The van der Waals surface area contributed by atoms with Crippen molar-refractivity contribution < 1.29 is 9.72 Å². The number of hydrogen-bond donors (Lipinski definition) is 1. The Morgan fingerprint density at radius 2 is 2.06 bits per heavy atom. The van der Waals surface area contributed by atoms with Crippen molar-refractivity contribution in [2.45, 2.75) is 25.8 Å². The van der Waals surface area contributed by atoms with Crippen LogP contribution in [0.2, 0.25) is 0 Å². The van der Waals surface area contributed by atoms with E-state index >= 15 is 0 Å². The lowest BCUT2D eigenvalue weighted by Gasteiger charge is -2.11. The van der Waals surface area contributed by atoms with Crippen molar-refractivity contribution in [2.24, 2.45) is 0 Å². The van der Waals surface area contributed by atoms with E-state index in [1.54, 1.807) is 12.1 Å². The Hall–Kier alpha value is -1.75. The molecule has 0 saturated carbocycles. The predicted molar refractivity (Wildman–Crippen MR) is 64.9 cm³/mol. The van der Waals surface area contributed by atoms with Gasteiger partial charge in [0, 0.05) is 12.1 Å². The number of hydrogen-bond acceptors (Lipinski definition) is 4. The molecular weight excluding hydrogens is 220 g/mol. The summed E-state index contributed by atoms with van der Waals surface area (Å²) in [5.74, 6) is 0. The van der Waals surface area contributed by atoms with Gasteiger partial charge in [-0.1, -0.05) is 19.1 Å². The number of nitrogens with zero attached hydrogens (tertiary/aromatic N) is 1. The van der Waals surface area contributed by atoms with Crippen LogP contribution < -0.4 is 5.32 Å². The van der Waals surface area contributed by atoms with E-state index < -0.39 is 4.92 Å². The molecule has 0 heterocycles. The van der Waals surface area contributed by atoms with Gasteiger partial charge in [0.15, 0.2) is 0 Å². The maximum Gasteiger partial charge on any atom is 0.269 e.